The number of carbonyl (C=O) groups is 1. The number of aryl methyl sites for hydroxylation is 1. The van der Waals surface area contributed by atoms with E-state index < -0.39 is 17.5 Å². The molecule has 106 valence electrons. The normalized spacial score (nSPS) is 10.6. The van der Waals surface area contributed by atoms with Crippen molar-refractivity contribution in [2.45, 2.75) is 17.6 Å². The fourth-order valence-electron chi connectivity index (χ4n) is 1.65. The second kappa shape index (κ2) is 6.06. The van der Waals surface area contributed by atoms with Crippen LogP contribution in [0.4, 0.5) is 8.78 Å². The monoisotopic (exact) mass is 298 g/mol. The van der Waals surface area contributed by atoms with Crippen LogP contribution < -0.4 is 11.3 Å². The number of nitrogens with two attached hydrogens (primary N) is 1. The molecule has 0 spiro atoms. The van der Waals surface area contributed by atoms with Gasteiger partial charge in [-0.2, -0.15) is 0 Å². The number of halogens is 2. The maximum Gasteiger partial charge on any atom is 0.301 e. The molecule has 0 aliphatic heterocycles. The molecule has 3 N–H and O–H groups in total. The second-order valence-electron chi connectivity index (χ2n) is 4.06. The highest BCUT2D eigenvalue weighted by Gasteiger charge is 2.15. The Balaban J connectivity index is 2.11. The van der Waals surface area contributed by atoms with Crippen molar-refractivity contribution >= 4 is 17.7 Å². The molecule has 0 fully saturated rings. The van der Waals surface area contributed by atoms with E-state index in [1.54, 1.807) is 13.0 Å². The smallest absolute Gasteiger partial charge is 0.301 e. The van der Waals surface area contributed by atoms with Gasteiger partial charge in [-0.1, -0.05) is 0 Å². The van der Waals surface area contributed by atoms with Gasteiger partial charge in [0.1, 0.15) is 17.4 Å². The van der Waals surface area contributed by atoms with Crippen LogP contribution in [0, 0.1) is 18.6 Å². The number of rotatable bonds is 4. The summed E-state index contributed by atoms with van der Waals surface area (Å²) in [5.41, 5.74) is 2.60. The Labute approximate surface area is 118 Å². The number of amides is 1. The lowest BCUT2D eigenvalue weighted by atomic mass is 10.2. The SMILES string of the molecule is Cc1cc(CSc2cc(F)ccc2F)oc1C(=O)NN. The summed E-state index contributed by atoms with van der Waals surface area (Å²) in [4.78, 5) is 11.6. The van der Waals surface area contributed by atoms with Gasteiger partial charge in [0.15, 0.2) is 5.76 Å². The van der Waals surface area contributed by atoms with Gasteiger partial charge >= 0.3 is 5.91 Å². The average Bonchev–Trinajstić information content (AvgIpc) is 2.80. The van der Waals surface area contributed by atoms with Gasteiger partial charge in [-0.25, -0.2) is 14.6 Å². The van der Waals surface area contributed by atoms with Crippen molar-refractivity contribution < 1.29 is 18.0 Å². The average molecular weight is 298 g/mol. The molecule has 2 rings (SSSR count). The molecule has 2 aromatic rings. The molecule has 1 heterocycles. The minimum atomic E-state index is -0.532. The van der Waals surface area contributed by atoms with Crippen molar-refractivity contribution in [1.82, 2.24) is 5.43 Å². The third kappa shape index (κ3) is 3.17. The van der Waals surface area contributed by atoms with E-state index in [1.807, 2.05) is 5.43 Å². The van der Waals surface area contributed by atoms with Crippen molar-refractivity contribution in [2.75, 3.05) is 0 Å². The molecular formula is C13H12F2N2O2S. The van der Waals surface area contributed by atoms with Gasteiger partial charge in [0.05, 0.1) is 5.75 Å². The highest BCUT2D eigenvalue weighted by Crippen LogP contribution is 2.28. The van der Waals surface area contributed by atoms with E-state index >= 15 is 0 Å². The summed E-state index contributed by atoms with van der Waals surface area (Å²) >= 11 is 1.08. The minimum Gasteiger partial charge on any atom is -0.455 e. The first kappa shape index (κ1) is 14.5. The van der Waals surface area contributed by atoms with Gasteiger partial charge in [-0.3, -0.25) is 10.2 Å². The predicted molar refractivity (Wildman–Crippen MR) is 71.0 cm³/mol. The van der Waals surface area contributed by atoms with Gasteiger partial charge in [0.25, 0.3) is 0 Å². The molecule has 1 aromatic heterocycles. The van der Waals surface area contributed by atoms with Crippen molar-refractivity contribution in [3.8, 4) is 0 Å². The first-order chi connectivity index (χ1) is 9.51. The van der Waals surface area contributed by atoms with Crippen LogP contribution in [-0.2, 0) is 5.75 Å². The van der Waals surface area contributed by atoms with Crippen LogP contribution in [0.1, 0.15) is 21.9 Å². The molecule has 0 unspecified atom stereocenters. The number of nitrogens with one attached hydrogen (secondary N) is 1. The summed E-state index contributed by atoms with van der Waals surface area (Å²) in [6.45, 7) is 1.70. The molecule has 0 bridgehead atoms. The molecule has 0 aliphatic rings. The number of nitrogen functional groups attached to an aromatic ring is 1. The highest BCUT2D eigenvalue weighted by atomic mass is 32.2. The molecule has 0 saturated heterocycles. The van der Waals surface area contributed by atoms with E-state index in [1.165, 1.54) is 0 Å². The van der Waals surface area contributed by atoms with E-state index in [0.29, 0.717) is 11.3 Å². The van der Waals surface area contributed by atoms with Crippen LogP contribution in [0.5, 0.6) is 0 Å². The Hall–Kier alpha value is -1.86. The topological polar surface area (TPSA) is 68.3 Å². The lowest BCUT2D eigenvalue weighted by Gasteiger charge is -2.01. The molecule has 0 atom stereocenters. The standard InChI is InChI=1S/C13H12F2N2O2S/c1-7-4-9(19-12(7)13(18)17-16)6-20-11-5-8(14)2-3-10(11)15/h2-5H,6,16H2,1H3,(H,17,18). The third-order valence-electron chi connectivity index (χ3n) is 2.57. The molecule has 0 aliphatic carbocycles. The quantitative estimate of drug-likeness (QED) is 0.394. The van der Waals surface area contributed by atoms with E-state index in [-0.39, 0.29) is 16.4 Å². The lowest BCUT2D eigenvalue weighted by molar-refractivity contribution is 0.0923. The van der Waals surface area contributed by atoms with Crippen molar-refractivity contribution in [1.29, 1.82) is 0 Å². The van der Waals surface area contributed by atoms with Gasteiger partial charge in [0.2, 0.25) is 0 Å². The molecule has 7 heteroatoms. The number of hydrogen-bond acceptors (Lipinski definition) is 4. The zero-order chi connectivity index (χ0) is 14.7. The summed E-state index contributed by atoms with van der Waals surface area (Å²) in [5, 5.41) is 0. The number of furan rings is 1. The third-order valence-corrected chi connectivity index (χ3v) is 3.62. The maximum absolute atomic E-state index is 13.4. The largest absolute Gasteiger partial charge is 0.455 e. The summed E-state index contributed by atoms with van der Waals surface area (Å²) in [6.07, 6.45) is 0. The van der Waals surface area contributed by atoms with Gasteiger partial charge in [-0.15, -0.1) is 11.8 Å². The highest BCUT2D eigenvalue weighted by molar-refractivity contribution is 7.98. The van der Waals surface area contributed by atoms with Crippen LogP contribution in [0.3, 0.4) is 0 Å². The maximum atomic E-state index is 13.4. The molecule has 4 nitrogen and oxygen atoms in total. The summed E-state index contributed by atoms with van der Waals surface area (Å²) in [6, 6.07) is 4.90. The zero-order valence-electron chi connectivity index (χ0n) is 10.6. The van der Waals surface area contributed by atoms with E-state index in [9.17, 15) is 13.6 Å². The van der Waals surface area contributed by atoms with Crippen LogP contribution in [0.2, 0.25) is 0 Å². The Bertz CT molecular complexity index is 643. The number of carbonyl (C=O) groups excluding carboxylic acids is 1. The minimum absolute atomic E-state index is 0.114. The Morgan fingerprint density at radius 1 is 1.40 bits per heavy atom. The van der Waals surface area contributed by atoms with Crippen LogP contribution in [0.15, 0.2) is 33.6 Å². The van der Waals surface area contributed by atoms with Crippen molar-refractivity contribution in [2.24, 2.45) is 5.84 Å². The summed E-state index contributed by atoms with van der Waals surface area (Å²) < 4.78 is 31.8. The zero-order valence-corrected chi connectivity index (χ0v) is 11.4. The molecule has 0 radical (unpaired) electrons. The molecular weight excluding hydrogens is 286 g/mol. The van der Waals surface area contributed by atoms with E-state index in [2.05, 4.69) is 0 Å². The fourth-order valence-corrected chi connectivity index (χ4v) is 2.49. The predicted octanol–water partition coefficient (Wildman–Crippen LogP) is 2.76. The van der Waals surface area contributed by atoms with Gasteiger partial charge in [0, 0.05) is 10.5 Å². The van der Waals surface area contributed by atoms with Crippen LogP contribution in [-0.4, -0.2) is 5.91 Å². The molecule has 1 amide bonds. The molecule has 0 saturated carbocycles. The first-order valence-electron chi connectivity index (χ1n) is 5.69. The number of hydrogen-bond donors (Lipinski definition) is 2. The Morgan fingerprint density at radius 2 is 2.15 bits per heavy atom. The fraction of sp³-hybridized carbons (Fsp3) is 0.154. The van der Waals surface area contributed by atoms with Crippen LogP contribution in [0.25, 0.3) is 0 Å². The first-order valence-corrected chi connectivity index (χ1v) is 6.68. The lowest BCUT2D eigenvalue weighted by Crippen LogP contribution is -2.30. The number of benzene rings is 1. The summed E-state index contributed by atoms with van der Waals surface area (Å²) in [5.74, 6) is 4.36. The van der Waals surface area contributed by atoms with E-state index in [4.69, 9.17) is 10.3 Å². The molecule has 20 heavy (non-hydrogen) atoms. The Kier molecular flexibility index (Phi) is 4.41. The van der Waals surface area contributed by atoms with Crippen molar-refractivity contribution in [3.63, 3.8) is 0 Å². The summed E-state index contributed by atoms with van der Waals surface area (Å²) in [7, 11) is 0. The molecule has 1 aromatic carbocycles. The Morgan fingerprint density at radius 3 is 2.85 bits per heavy atom. The van der Waals surface area contributed by atoms with E-state index in [0.717, 1.165) is 30.0 Å². The van der Waals surface area contributed by atoms with Gasteiger partial charge < -0.3 is 4.42 Å². The van der Waals surface area contributed by atoms with Crippen LogP contribution >= 0.6 is 11.8 Å². The number of hydrazine groups is 1. The van der Waals surface area contributed by atoms with Crippen molar-refractivity contribution in [3.05, 3.63) is 53.0 Å². The van der Waals surface area contributed by atoms with Gasteiger partial charge in [-0.05, 0) is 31.2 Å². The number of thioether (sulfide) groups is 1. The second-order valence-corrected chi connectivity index (χ2v) is 5.08.